The van der Waals surface area contributed by atoms with Crippen molar-refractivity contribution in [2.24, 2.45) is 0 Å². The van der Waals surface area contributed by atoms with E-state index in [0.717, 1.165) is 21.3 Å². The van der Waals surface area contributed by atoms with Gasteiger partial charge in [-0.2, -0.15) is 5.26 Å². The van der Waals surface area contributed by atoms with Crippen LogP contribution in [0.15, 0.2) is 40.9 Å². The monoisotopic (exact) mass is 332 g/mol. The number of rotatable bonds is 3. The van der Waals surface area contributed by atoms with E-state index < -0.39 is 0 Å². The first-order chi connectivity index (χ1) is 9.51. The molecule has 0 bridgehead atoms. The fourth-order valence-electron chi connectivity index (χ4n) is 2.01. The summed E-state index contributed by atoms with van der Waals surface area (Å²) in [6, 6.07) is 12.3. The van der Waals surface area contributed by atoms with Crippen LogP contribution >= 0.6 is 15.9 Å². The SMILES string of the molecule is Cc1ccc(C#N)cc1NC(C)c1ccc(F)cc1Br. The highest BCUT2D eigenvalue weighted by molar-refractivity contribution is 9.10. The zero-order chi connectivity index (χ0) is 14.7. The van der Waals surface area contributed by atoms with Gasteiger partial charge in [-0.15, -0.1) is 0 Å². The Labute approximate surface area is 126 Å². The Balaban J connectivity index is 2.27. The minimum atomic E-state index is -0.268. The van der Waals surface area contributed by atoms with Gasteiger partial charge in [0.25, 0.3) is 0 Å². The summed E-state index contributed by atoms with van der Waals surface area (Å²) >= 11 is 3.38. The van der Waals surface area contributed by atoms with Crippen LogP contribution in [-0.2, 0) is 0 Å². The molecule has 0 spiro atoms. The highest BCUT2D eigenvalue weighted by Gasteiger charge is 2.11. The number of aryl methyl sites for hydroxylation is 1. The van der Waals surface area contributed by atoms with Crippen LogP contribution in [0.5, 0.6) is 0 Å². The normalized spacial score (nSPS) is 11.8. The number of anilines is 1. The minimum Gasteiger partial charge on any atom is -0.378 e. The van der Waals surface area contributed by atoms with Crippen LogP contribution < -0.4 is 5.32 Å². The van der Waals surface area contributed by atoms with Gasteiger partial charge in [-0.05, 0) is 49.2 Å². The molecular formula is C16H14BrFN2. The molecule has 1 N–H and O–H groups in total. The maximum Gasteiger partial charge on any atom is 0.124 e. The largest absolute Gasteiger partial charge is 0.378 e. The molecule has 4 heteroatoms. The van der Waals surface area contributed by atoms with Crippen molar-refractivity contribution in [2.75, 3.05) is 5.32 Å². The van der Waals surface area contributed by atoms with E-state index in [-0.39, 0.29) is 11.9 Å². The Morgan fingerprint density at radius 3 is 2.65 bits per heavy atom. The van der Waals surface area contributed by atoms with Crippen molar-refractivity contribution in [3.8, 4) is 6.07 Å². The van der Waals surface area contributed by atoms with Gasteiger partial charge in [0.1, 0.15) is 5.82 Å². The number of benzene rings is 2. The summed E-state index contributed by atoms with van der Waals surface area (Å²) in [6.45, 7) is 3.98. The van der Waals surface area contributed by atoms with E-state index in [2.05, 4.69) is 27.3 Å². The lowest BCUT2D eigenvalue weighted by molar-refractivity contribution is 0.625. The number of nitriles is 1. The van der Waals surface area contributed by atoms with Gasteiger partial charge in [-0.1, -0.05) is 28.1 Å². The Kier molecular flexibility index (Phi) is 4.41. The molecule has 1 atom stereocenters. The van der Waals surface area contributed by atoms with Crippen LogP contribution in [0.3, 0.4) is 0 Å². The maximum absolute atomic E-state index is 13.1. The van der Waals surface area contributed by atoms with Gasteiger partial charge in [0.2, 0.25) is 0 Å². The Morgan fingerprint density at radius 2 is 2.00 bits per heavy atom. The van der Waals surface area contributed by atoms with Crippen LogP contribution in [-0.4, -0.2) is 0 Å². The molecule has 20 heavy (non-hydrogen) atoms. The van der Waals surface area contributed by atoms with Crippen molar-refractivity contribution in [3.05, 3.63) is 63.4 Å². The van der Waals surface area contributed by atoms with Gasteiger partial charge < -0.3 is 5.32 Å². The molecule has 2 nitrogen and oxygen atoms in total. The van der Waals surface area contributed by atoms with Crippen molar-refractivity contribution in [3.63, 3.8) is 0 Å². The third-order valence-corrected chi connectivity index (χ3v) is 3.85. The summed E-state index contributed by atoms with van der Waals surface area (Å²) in [6.07, 6.45) is 0. The fourth-order valence-corrected chi connectivity index (χ4v) is 2.70. The van der Waals surface area contributed by atoms with Gasteiger partial charge in [0, 0.05) is 16.2 Å². The lowest BCUT2D eigenvalue weighted by Crippen LogP contribution is -2.08. The van der Waals surface area contributed by atoms with Crippen LogP contribution in [0, 0.1) is 24.1 Å². The van der Waals surface area contributed by atoms with Gasteiger partial charge in [0.15, 0.2) is 0 Å². The van der Waals surface area contributed by atoms with Gasteiger partial charge in [-0.3, -0.25) is 0 Å². The average Bonchev–Trinajstić information content (AvgIpc) is 2.41. The van der Waals surface area contributed by atoms with Gasteiger partial charge in [0.05, 0.1) is 11.6 Å². The summed E-state index contributed by atoms with van der Waals surface area (Å²) in [7, 11) is 0. The smallest absolute Gasteiger partial charge is 0.124 e. The number of nitrogens with one attached hydrogen (secondary N) is 1. The zero-order valence-electron chi connectivity index (χ0n) is 11.2. The zero-order valence-corrected chi connectivity index (χ0v) is 12.8. The Bertz CT molecular complexity index is 677. The predicted octanol–water partition coefficient (Wildman–Crippen LogP) is 4.94. The molecule has 0 saturated heterocycles. The molecule has 0 amide bonds. The van der Waals surface area contributed by atoms with E-state index in [1.165, 1.54) is 12.1 Å². The third kappa shape index (κ3) is 3.17. The van der Waals surface area contributed by atoms with E-state index in [1.54, 1.807) is 12.1 Å². The quantitative estimate of drug-likeness (QED) is 0.863. The van der Waals surface area contributed by atoms with Crippen molar-refractivity contribution in [1.29, 1.82) is 5.26 Å². The van der Waals surface area contributed by atoms with E-state index in [1.807, 2.05) is 26.0 Å². The topological polar surface area (TPSA) is 35.8 Å². The first-order valence-electron chi connectivity index (χ1n) is 6.23. The standard InChI is InChI=1S/C16H14BrFN2/c1-10-3-4-12(9-19)7-16(10)20-11(2)14-6-5-13(18)8-15(14)17/h3-8,11,20H,1-2H3. The van der Waals surface area contributed by atoms with Crippen molar-refractivity contribution >= 4 is 21.6 Å². The lowest BCUT2D eigenvalue weighted by Gasteiger charge is -2.19. The molecule has 0 aliphatic rings. The summed E-state index contributed by atoms with van der Waals surface area (Å²) < 4.78 is 13.8. The van der Waals surface area contributed by atoms with Crippen molar-refractivity contribution < 1.29 is 4.39 Å². The van der Waals surface area contributed by atoms with E-state index >= 15 is 0 Å². The lowest BCUT2D eigenvalue weighted by atomic mass is 10.1. The maximum atomic E-state index is 13.1. The Hall–Kier alpha value is -1.86. The van der Waals surface area contributed by atoms with Crippen LogP contribution in [0.2, 0.25) is 0 Å². The Morgan fingerprint density at radius 1 is 1.25 bits per heavy atom. The second-order valence-electron chi connectivity index (χ2n) is 4.67. The number of halogens is 2. The van der Waals surface area contributed by atoms with Crippen LogP contribution in [0.25, 0.3) is 0 Å². The van der Waals surface area contributed by atoms with Crippen molar-refractivity contribution in [1.82, 2.24) is 0 Å². The molecule has 2 aromatic carbocycles. The molecule has 0 radical (unpaired) electrons. The summed E-state index contributed by atoms with van der Waals surface area (Å²) in [4.78, 5) is 0. The molecule has 2 aromatic rings. The second-order valence-corrected chi connectivity index (χ2v) is 5.53. The van der Waals surface area contributed by atoms with E-state index in [4.69, 9.17) is 5.26 Å². The predicted molar refractivity (Wildman–Crippen MR) is 82.0 cm³/mol. The minimum absolute atomic E-state index is 0.00221. The highest BCUT2D eigenvalue weighted by atomic mass is 79.9. The third-order valence-electron chi connectivity index (χ3n) is 3.17. The highest BCUT2D eigenvalue weighted by Crippen LogP contribution is 2.28. The fraction of sp³-hybridized carbons (Fsp3) is 0.188. The summed E-state index contributed by atoms with van der Waals surface area (Å²) in [5.41, 5.74) is 3.55. The number of nitrogens with zero attached hydrogens (tertiary/aromatic N) is 1. The van der Waals surface area contributed by atoms with E-state index in [9.17, 15) is 4.39 Å². The molecular weight excluding hydrogens is 319 g/mol. The number of hydrogen-bond acceptors (Lipinski definition) is 2. The van der Waals surface area contributed by atoms with Gasteiger partial charge >= 0.3 is 0 Å². The molecule has 2 rings (SSSR count). The number of hydrogen-bond donors (Lipinski definition) is 1. The second kappa shape index (κ2) is 6.06. The molecule has 0 fully saturated rings. The van der Waals surface area contributed by atoms with E-state index in [0.29, 0.717) is 5.56 Å². The molecule has 0 aromatic heterocycles. The molecule has 0 aliphatic heterocycles. The van der Waals surface area contributed by atoms with Gasteiger partial charge in [-0.25, -0.2) is 4.39 Å². The van der Waals surface area contributed by atoms with Crippen LogP contribution in [0.1, 0.15) is 29.7 Å². The van der Waals surface area contributed by atoms with Crippen molar-refractivity contribution in [2.45, 2.75) is 19.9 Å². The first-order valence-corrected chi connectivity index (χ1v) is 7.03. The molecule has 0 saturated carbocycles. The van der Waals surface area contributed by atoms with Crippen LogP contribution in [0.4, 0.5) is 10.1 Å². The molecule has 1 unspecified atom stereocenters. The molecule has 0 aliphatic carbocycles. The average molecular weight is 333 g/mol. The first kappa shape index (κ1) is 14.5. The molecule has 0 heterocycles. The summed E-state index contributed by atoms with van der Waals surface area (Å²) in [5, 5.41) is 12.3. The summed E-state index contributed by atoms with van der Waals surface area (Å²) in [5.74, 6) is -0.268. The molecule has 102 valence electrons.